The molecule has 0 aliphatic rings. The van der Waals surface area contributed by atoms with Crippen LogP contribution in [0.2, 0.25) is 0 Å². The summed E-state index contributed by atoms with van der Waals surface area (Å²) in [6.07, 6.45) is 1.76. The van der Waals surface area contributed by atoms with Crippen LogP contribution in [0.4, 0.5) is 5.82 Å². The van der Waals surface area contributed by atoms with Crippen molar-refractivity contribution in [3.63, 3.8) is 0 Å². The van der Waals surface area contributed by atoms with Crippen LogP contribution in [0.5, 0.6) is 0 Å². The summed E-state index contributed by atoms with van der Waals surface area (Å²) in [7, 11) is 0. The van der Waals surface area contributed by atoms with Crippen LogP contribution in [0.25, 0.3) is 5.69 Å². The first-order chi connectivity index (χ1) is 9.83. The summed E-state index contributed by atoms with van der Waals surface area (Å²) in [4.78, 5) is 4.07. The number of hydrogen-bond donors (Lipinski definition) is 1. The van der Waals surface area contributed by atoms with E-state index in [9.17, 15) is 0 Å². The molecule has 2 N–H and O–H groups in total. The van der Waals surface area contributed by atoms with Gasteiger partial charge in [0.25, 0.3) is 0 Å². The van der Waals surface area contributed by atoms with Gasteiger partial charge in [-0.2, -0.15) is 4.68 Å². The average Bonchev–Trinajstić information content (AvgIpc) is 2.96. The molecule has 3 rings (SSSR count). The zero-order valence-electron chi connectivity index (χ0n) is 10.5. The number of nitrogens with zero attached hydrogens (tertiary/aromatic N) is 5. The van der Waals surface area contributed by atoms with Gasteiger partial charge in [0.2, 0.25) is 5.16 Å². The second kappa shape index (κ2) is 5.70. The molecule has 20 heavy (non-hydrogen) atoms. The first-order valence-corrected chi connectivity index (χ1v) is 6.98. The number of nitrogens with two attached hydrogens (primary N) is 1. The smallest absolute Gasteiger partial charge is 0.214 e. The van der Waals surface area contributed by atoms with Crippen molar-refractivity contribution in [2.45, 2.75) is 10.9 Å². The predicted molar refractivity (Wildman–Crippen MR) is 77.4 cm³/mol. The number of para-hydroxylation sites is 1. The molecule has 0 atom stereocenters. The summed E-state index contributed by atoms with van der Waals surface area (Å²) in [5.74, 6) is 1.26. The summed E-state index contributed by atoms with van der Waals surface area (Å²) in [5.41, 5.74) is 7.58. The Bertz CT molecular complexity index is 680. The fourth-order valence-corrected chi connectivity index (χ4v) is 2.49. The third-order valence-electron chi connectivity index (χ3n) is 2.66. The highest BCUT2D eigenvalue weighted by atomic mass is 32.2. The van der Waals surface area contributed by atoms with E-state index in [1.54, 1.807) is 28.7 Å². The minimum Gasteiger partial charge on any atom is -0.384 e. The van der Waals surface area contributed by atoms with Gasteiger partial charge in [-0.1, -0.05) is 36.0 Å². The maximum Gasteiger partial charge on any atom is 0.214 e. The molecule has 6 nitrogen and oxygen atoms in total. The fraction of sp³-hybridized carbons (Fsp3) is 0.0769. The predicted octanol–water partition coefficient (Wildman–Crippen LogP) is 1.93. The van der Waals surface area contributed by atoms with E-state index in [4.69, 9.17) is 5.73 Å². The molecule has 0 amide bonds. The summed E-state index contributed by atoms with van der Waals surface area (Å²) in [6.45, 7) is 0. The highest BCUT2D eigenvalue weighted by Gasteiger charge is 2.08. The van der Waals surface area contributed by atoms with Crippen molar-refractivity contribution in [2.75, 3.05) is 5.73 Å². The van der Waals surface area contributed by atoms with Crippen LogP contribution in [-0.4, -0.2) is 25.2 Å². The Morgan fingerprint density at radius 1 is 1.10 bits per heavy atom. The van der Waals surface area contributed by atoms with Gasteiger partial charge in [-0.05, 0) is 34.2 Å². The van der Waals surface area contributed by atoms with Crippen molar-refractivity contribution >= 4 is 17.6 Å². The van der Waals surface area contributed by atoms with E-state index in [1.807, 2.05) is 36.4 Å². The van der Waals surface area contributed by atoms with Crippen LogP contribution in [0.15, 0.2) is 53.8 Å². The molecule has 2 aromatic heterocycles. The van der Waals surface area contributed by atoms with Gasteiger partial charge in [0.1, 0.15) is 5.82 Å². The number of hydrogen-bond acceptors (Lipinski definition) is 6. The molecule has 0 spiro atoms. The van der Waals surface area contributed by atoms with Crippen LogP contribution in [0, 0.1) is 0 Å². The second-order valence-electron chi connectivity index (χ2n) is 4.09. The van der Waals surface area contributed by atoms with Gasteiger partial charge >= 0.3 is 0 Å². The minimum atomic E-state index is 0.521. The standard InChI is InChI=1S/C13H12N6S/c14-12-7-6-10(8-15-12)9-20-13-16-17-18-19(13)11-4-2-1-3-5-11/h1-8H,9H2,(H2,14,15). The molecule has 0 bridgehead atoms. The number of benzene rings is 1. The van der Waals surface area contributed by atoms with E-state index < -0.39 is 0 Å². The van der Waals surface area contributed by atoms with Crippen molar-refractivity contribution < 1.29 is 0 Å². The number of pyridine rings is 1. The summed E-state index contributed by atoms with van der Waals surface area (Å²) < 4.78 is 1.72. The molecular weight excluding hydrogens is 272 g/mol. The van der Waals surface area contributed by atoms with Crippen LogP contribution in [-0.2, 0) is 5.75 Å². The largest absolute Gasteiger partial charge is 0.384 e. The van der Waals surface area contributed by atoms with E-state index in [0.717, 1.165) is 22.2 Å². The number of thioether (sulfide) groups is 1. The van der Waals surface area contributed by atoms with Crippen molar-refractivity contribution in [3.8, 4) is 5.69 Å². The molecule has 0 fully saturated rings. The van der Waals surface area contributed by atoms with Crippen molar-refractivity contribution in [2.24, 2.45) is 0 Å². The number of aromatic nitrogens is 5. The third kappa shape index (κ3) is 2.77. The molecule has 0 unspecified atom stereocenters. The van der Waals surface area contributed by atoms with E-state index in [2.05, 4.69) is 20.5 Å². The van der Waals surface area contributed by atoms with Crippen LogP contribution in [0.1, 0.15) is 5.56 Å². The van der Waals surface area contributed by atoms with E-state index in [1.165, 1.54) is 0 Å². The van der Waals surface area contributed by atoms with E-state index in [0.29, 0.717) is 5.82 Å². The Balaban J connectivity index is 1.76. The maximum atomic E-state index is 5.56. The average molecular weight is 284 g/mol. The maximum absolute atomic E-state index is 5.56. The van der Waals surface area contributed by atoms with E-state index >= 15 is 0 Å². The quantitative estimate of drug-likeness (QED) is 0.737. The lowest BCUT2D eigenvalue weighted by atomic mass is 10.3. The second-order valence-corrected chi connectivity index (χ2v) is 5.03. The van der Waals surface area contributed by atoms with Gasteiger partial charge in [-0.25, -0.2) is 4.98 Å². The zero-order chi connectivity index (χ0) is 13.8. The number of nitrogen functional groups attached to an aromatic ring is 1. The van der Waals surface area contributed by atoms with Gasteiger partial charge in [0.05, 0.1) is 5.69 Å². The highest BCUT2D eigenvalue weighted by molar-refractivity contribution is 7.98. The lowest BCUT2D eigenvalue weighted by Crippen LogP contribution is -1.98. The molecule has 0 aliphatic carbocycles. The zero-order valence-corrected chi connectivity index (χ0v) is 11.4. The Labute approximate surface area is 120 Å². The Morgan fingerprint density at radius 2 is 1.95 bits per heavy atom. The van der Waals surface area contributed by atoms with Gasteiger partial charge in [0, 0.05) is 11.9 Å². The monoisotopic (exact) mass is 284 g/mol. The molecule has 1 aromatic carbocycles. The Morgan fingerprint density at radius 3 is 2.70 bits per heavy atom. The summed E-state index contributed by atoms with van der Waals surface area (Å²) in [5, 5.41) is 12.5. The van der Waals surface area contributed by atoms with Gasteiger partial charge in [-0.15, -0.1) is 5.10 Å². The summed E-state index contributed by atoms with van der Waals surface area (Å²) in [6, 6.07) is 13.5. The molecule has 7 heteroatoms. The molecule has 100 valence electrons. The third-order valence-corrected chi connectivity index (χ3v) is 3.65. The van der Waals surface area contributed by atoms with E-state index in [-0.39, 0.29) is 0 Å². The fourth-order valence-electron chi connectivity index (χ4n) is 1.67. The molecule has 2 heterocycles. The molecule has 3 aromatic rings. The molecule has 0 saturated carbocycles. The molecule has 0 saturated heterocycles. The Kier molecular flexibility index (Phi) is 3.60. The first kappa shape index (κ1) is 12.6. The highest BCUT2D eigenvalue weighted by Crippen LogP contribution is 2.22. The SMILES string of the molecule is Nc1ccc(CSc2nnnn2-c2ccccc2)cn1. The van der Waals surface area contributed by atoms with Crippen molar-refractivity contribution in [1.82, 2.24) is 25.2 Å². The number of tetrazole rings is 1. The molecular formula is C13H12N6S. The number of rotatable bonds is 4. The van der Waals surface area contributed by atoms with Crippen LogP contribution < -0.4 is 5.73 Å². The minimum absolute atomic E-state index is 0.521. The van der Waals surface area contributed by atoms with Gasteiger partial charge in [0.15, 0.2) is 0 Å². The topological polar surface area (TPSA) is 82.5 Å². The van der Waals surface area contributed by atoms with Crippen molar-refractivity contribution in [1.29, 1.82) is 0 Å². The normalized spacial score (nSPS) is 10.6. The lowest BCUT2D eigenvalue weighted by Gasteiger charge is -2.04. The molecule has 0 radical (unpaired) electrons. The lowest BCUT2D eigenvalue weighted by molar-refractivity contribution is 0.756. The Hall–Kier alpha value is -2.41. The number of anilines is 1. The van der Waals surface area contributed by atoms with Gasteiger partial charge in [-0.3, -0.25) is 0 Å². The van der Waals surface area contributed by atoms with Crippen LogP contribution >= 0.6 is 11.8 Å². The first-order valence-electron chi connectivity index (χ1n) is 6.00. The summed E-state index contributed by atoms with van der Waals surface area (Å²) >= 11 is 1.55. The van der Waals surface area contributed by atoms with Crippen molar-refractivity contribution in [3.05, 3.63) is 54.2 Å². The van der Waals surface area contributed by atoms with Gasteiger partial charge < -0.3 is 5.73 Å². The van der Waals surface area contributed by atoms with Crippen LogP contribution in [0.3, 0.4) is 0 Å². The molecule has 0 aliphatic heterocycles.